The van der Waals surface area contributed by atoms with Gasteiger partial charge in [-0.3, -0.25) is 9.59 Å². The summed E-state index contributed by atoms with van der Waals surface area (Å²) in [5.74, 6) is -0.191. The maximum Gasteiger partial charge on any atom is 0.250 e. The molecule has 146 valence electrons. The van der Waals surface area contributed by atoms with Crippen LogP contribution in [0.1, 0.15) is 35.3 Å². The van der Waals surface area contributed by atoms with E-state index in [4.69, 9.17) is 10.7 Å². The molecule has 1 fully saturated rings. The Hall–Kier alpha value is -2.45. The Morgan fingerprint density at radius 1 is 1.32 bits per heavy atom. The van der Waals surface area contributed by atoms with Crippen LogP contribution in [0.25, 0.3) is 21.3 Å². The second-order valence-electron chi connectivity index (χ2n) is 6.90. The first-order valence-corrected chi connectivity index (χ1v) is 11.1. The highest BCUT2D eigenvalue weighted by atomic mass is 32.1. The second-order valence-corrected chi connectivity index (χ2v) is 8.70. The van der Waals surface area contributed by atoms with E-state index in [1.54, 1.807) is 22.7 Å². The smallest absolute Gasteiger partial charge is 0.250 e. The van der Waals surface area contributed by atoms with Crippen LogP contribution in [-0.4, -0.2) is 39.4 Å². The third-order valence-corrected chi connectivity index (χ3v) is 6.99. The van der Waals surface area contributed by atoms with Crippen molar-refractivity contribution < 1.29 is 9.59 Å². The zero-order valence-electron chi connectivity index (χ0n) is 15.7. The molecule has 1 saturated heterocycles. The summed E-state index contributed by atoms with van der Waals surface area (Å²) >= 11 is 3.26. The highest BCUT2D eigenvalue weighted by Gasteiger charge is 2.21. The predicted molar refractivity (Wildman–Crippen MR) is 113 cm³/mol. The molecule has 4 rings (SSSR count). The maximum atomic E-state index is 11.9. The fourth-order valence-electron chi connectivity index (χ4n) is 3.66. The van der Waals surface area contributed by atoms with Gasteiger partial charge in [0, 0.05) is 37.1 Å². The minimum atomic E-state index is -0.430. The fraction of sp³-hybridized carbons (Fsp3) is 0.350. The lowest BCUT2D eigenvalue weighted by Crippen LogP contribution is -2.26. The Kier molecular flexibility index (Phi) is 5.32. The predicted octanol–water partition coefficient (Wildman–Crippen LogP) is 3.76. The number of thiophene rings is 1. The van der Waals surface area contributed by atoms with Crippen LogP contribution in [0.3, 0.4) is 0 Å². The van der Waals surface area contributed by atoms with E-state index < -0.39 is 5.91 Å². The van der Waals surface area contributed by atoms with Gasteiger partial charge in [-0.25, -0.2) is 4.98 Å². The molecular weight excluding hydrogens is 392 g/mol. The molecule has 1 aliphatic heterocycles. The number of carbonyl (C=O) groups is 2. The number of amides is 2. The molecule has 4 heterocycles. The van der Waals surface area contributed by atoms with Crippen LogP contribution in [0.5, 0.6) is 0 Å². The van der Waals surface area contributed by atoms with Gasteiger partial charge in [-0.05, 0) is 37.3 Å². The van der Waals surface area contributed by atoms with Crippen molar-refractivity contribution in [2.24, 2.45) is 5.73 Å². The highest BCUT2D eigenvalue weighted by molar-refractivity contribution is 7.20. The van der Waals surface area contributed by atoms with E-state index >= 15 is 0 Å². The summed E-state index contributed by atoms with van der Waals surface area (Å²) in [5, 5.41) is 5.03. The van der Waals surface area contributed by atoms with Gasteiger partial charge >= 0.3 is 0 Å². The lowest BCUT2D eigenvalue weighted by Gasteiger charge is -2.17. The topological polar surface area (TPSA) is 81.2 Å². The number of hydrogen-bond acceptors (Lipinski definition) is 5. The van der Waals surface area contributed by atoms with Crippen molar-refractivity contribution in [1.82, 2.24) is 14.5 Å². The van der Waals surface area contributed by atoms with Crippen molar-refractivity contribution in [3.8, 4) is 21.3 Å². The Balaban J connectivity index is 1.60. The van der Waals surface area contributed by atoms with Gasteiger partial charge < -0.3 is 15.2 Å². The number of nitrogens with zero attached hydrogens (tertiary/aromatic N) is 3. The van der Waals surface area contributed by atoms with E-state index in [0.29, 0.717) is 18.5 Å². The molecular formula is C20H22N4O2S2. The first-order valence-electron chi connectivity index (χ1n) is 9.32. The first-order chi connectivity index (χ1) is 13.5. The summed E-state index contributed by atoms with van der Waals surface area (Å²) in [6.07, 6.45) is 2.43. The molecule has 1 aliphatic rings. The summed E-state index contributed by atoms with van der Waals surface area (Å²) in [4.78, 5) is 31.5. The number of aromatic nitrogens is 2. The van der Waals surface area contributed by atoms with Crippen LogP contribution < -0.4 is 5.73 Å². The van der Waals surface area contributed by atoms with E-state index in [-0.39, 0.29) is 5.91 Å². The normalized spacial score (nSPS) is 14.2. The molecule has 8 heteroatoms. The third-order valence-electron chi connectivity index (χ3n) is 5.11. The SMILES string of the molecule is Cc1c(C(N)=O)cc(-c2csc(-c3cccs3)n2)n1CCCN1CCCC1=O. The van der Waals surface area contributed by atoms with Crippen molar-refractivity contribution in [3.63, 3.8) is 0 Å². The van der Waals surface area contributed by atoms with Crippen LogP contribution in [0.2, 0.25) is 0 Å². The number of nitrogens with two attached hydrogens (primary N) is 1. The van der Waals surface area contributed by atoms with Crippen LogP contribution in [-0.2, 0) is 11.3 Å². The summed E-state index contributed by atoms with van der Waals surface area (Å²) in [5.41, 5.74) is 8.71. The third kappa shape index (κ3) is 3.62. The van der Waals surface area contributed by atoms with Gasteiger partial charge in [0.25, 0.3) is 5.91 Å². The Bertz CT molecular complexity index is 1000. The van der Waals surface area contributed by atoms with Crippen molar-refractivity contribution in [1.29, 1.82) is 0 Å². The number of primary amides is 1. The number of carbonyl (C=O) groups excluding carboxylic acids is 2. The van der Waals surface area contributed by atoms with Gasteiger partial charge in [0.15, 0.2) is 0 Å². The monoisotopic (exact) mass is 414 g/mol. The molecule has 2 N–H and O–H groups in total. The molecule has 0 saturated carbocycles. The number of likely N-dealkylation sites (tertiary alicyclic amines) is 1. The fourth-order valence-corrected chi connectivity index (χ4v) is 5.29. The number of rotatable bonds is 7. The molecule has 0 atom stereocenters. The molecule has 2 amide bonds. The summed E-state index contributed by atoms with van der Waals surface area (Å²) in [6.45, 7) is 4.21. The molecule has 3 aromatic rings. The molecule has 28 heavy (non-hydrogen) atoms. The lowest BCUT2D eigenvalue weighted by atomic mass is 10.2. The molecule has 0 aliphatic carbocycles. The average molecular weight is 415 g/mol. The number of thiazole rings is 1. The lowest BCUT2D eigenvalue weighted by molar-refractivity contribution is -0.127. The minimum absolute atomic E-state index is 0.238. The summed E-state index contributed by atoms with van der Waals surface area (Å²) in [7, 11) is 0. The molecule has 3 aromatic heterocycles. The zero-order chi connectivity index (χ0) is 19.7. The van der Waals surface area contributed by atoms with Crippen molar-refractivity contribution >= 4 is 34.5 Å². The quantitative estimate of drug-likeness (QED) is 0.639. The number of hydrogen-bond donors (Lipinski definition) is 1. The van der Waals surface area contributed by atoms with Gasteiger partial charge in [0.05, 0.1) is 21.8 Å². The molecule has 0 spiro atoms. The summed E-state index contributed by atoms with van der Waals surface area (Å²) in [6, 6.07) is 5.91. The van der Waals surface area contributed by atoms with E-state index in [0.717, 1.165) is 52.9 Å². The van der Waals surface area contributed by atoms with Gasteiger partial charge in [0.2, 0.25) is 5.91 Å². The van der Waals surface area contributed by atoms with Crippen molar-refractivity contribution in [2.45, 2.75) is 32.7 Å². The van der Waals surface area contributed by atoms with E-state index in [1.807, 2.05) is 34.7 Å². The standard InChI is InChI=1S/C20H22N4O2S2/c1-13-14(19(21)26)11-16(15-12-28-20(22-15)17-5-3-10-27-17)24(13)9-4-8-23-7-2-6-18(23)25/h3,5,10-12H,2,4,6-9H2,1H3,(H2,21,26). The van der Waals surface area contributed by atoms with Gasteiger partial charge in [-0.15, -0.1) is 22.7 Å². The van der Waals surface area contributed by atoms with Crippen LogP contribution in [0, 0.1) is 6.92 Å². The van der Waals surface area contributed by atoms with Crippen LogP contribution in [0.4, 0.5) is 0 Å². The average Bonchev–Trinajstić information content (AvgIpc) is 3.43. The Morgan fingerprint density at radius 3 is 2.86 bits per heavy atom. The van der Waals surface area contributed by atoms with E-state index in [1.165, 1.54) is 0 Å². The maximum absolute atomic E-state index is 11.9. The summed E-state index contributed by atoms with van der Waals surface area (Å²) < 4.78 is 2.11. The van der Waals surface area contributed by atoms with Gasteiger partial charge in [-0.1, -0.05) is 6.07 Å². The highest BCUT2D eigenvalue weighted by Crippen LogP contribution is 2.33. The van der Waals surface area contributed by atoms with Crippen LogP contribution in [0.15, 0.2) is 29.0 Å². The second kappa shape index (κ2) is 7.89. The first kappa shape index (κ1) is 18.9. The van der Waals surface area contributed by atoms with E-state index in [2.05, 4.69) is 10.6 Å². The van der Waals surface area contributed by atoms with Gasteiger partial charge in [-0.2, -0.15) is 0 Å². The molecule has 0 unspecified atom stereocenters. The van der Waals surface area contributed by atoms with Gasteiger partial charge in [0.1, 0.15) is 5.01 Å². The molecule has 0 aromatic carbocycles. The largest absolute Gasteiger partial charge is 0.366 e. The minimum Gasteiger partial charge on any atom is -0.366 e. The molecule has 6 nitrogen and oxygen atoms in total. The van der Waals surface area contributed by atoms with E-state index in [9.17, 15) is 9.59 Å². The van der Waals surface area contributed by atoms with Crippen molar-refractivity contribution in [2.75, 3.05) is 13.1 Å². The van der Waals surface area contributed by atoms with Crippen molar-refractivity contribution in [3.05, 3.63) is 40.2 Å². The molecule has 0 bridgehead atoms. The Morgan fingerprint density at radius 2 is 2.18 bits per heavy atom. The molecule has 0 radical (unpaired) electrons. The van der Waals surface area contributed by atoms with Crippen LogP contribution >= 0.6 is 22.7 Å². The Labute approximate surface area is 171 Å². The zero-order valence-corrected chi connectivity index (χ0v) is 17.3.